The molecular weight excluding hydrogens is 368 g/mol. The lowest BCUT2D eigenvalue weighted by Gasteiger charge is -2.27. The van der Waals surface area contributed by atoms with Crippen molar-refractivity contribution >= 4 is 17.2 Å². The van der Waals surface area contributed by atoms with Crippen LogP contribution in [0.1, 0.15) is 28.4 Å². The number of pyridine rings is 2. The molecule has 1 N–H and O–H groups in total. The second kappa shape index (κ2) is 9.28. The van der Waals surface area contributed by atoms with Crippen LogP contribution in [0.25, 0.3) is 0 Å². The molecule has 1 saturated heterocycles. The van der Waals surface area contributed by atoms with Gasteiger partial charge in [0.1, 0.15) is 5.82 Å². The predicted octanol–water partition coefficient (Wildman–Crippen LogP) is 3.76. The molecule has 0 aromatic carbocycles. The van der Waals surface area contributed by atoms with Crippen molar-refractivity contribution in [2.45, 2.75) is 25.9 Å². The lowest BCUT2D eigenvalue weighted by atomic mass is 10.0. The molecule has 1 aliphatic heterocycles. The summed E-state index contributed by atoms with van der Waals surface area (Å²) >= 11 is 1.74. The molecule has 6 heteroatoms. The molecule has 146 valence electrons. The average Bonchev–Trinajstić information content (AvgIpc) is 3.26. The minimum atomic E-state index is 0.175. The van der Waals surface area contributed by atoms with E-state index in [2.05, 4.69) is 68.2 Å². The van der Waals surface area contributed by atoms with E-state index in [1.165, 1.54) is 16.7 Å². The molecule has 1 fully saturated rings. The van der Waals surface area contributed by atoms with Crippen LogP contribution in [0.4, 0.5) is 5.82 Å². The first-order valence-corrected chi connectivity index (χ1v) is 10.7. The molecule has 0 aliphatic carbocycles. The second-order valence-electron chi connectivity index (χ2n) is 7.15. The fourth-order valence-corrected chi connectivity index (χ4v) is 4.03. The van der Waals surface area contributed by atoms with E-state index in [0.29, 0.717) is 0 Å². The van der Waals surface area contributed by atoms with Crippen LogP contribution in [-0.2, 0) is 17.7 Å². The third-order valence-corrected chi connectivity index (χ3v) is 5.74. The Hall–Kier alpha value is -2.28. The summed E-state index contributed by atoms with van der Waals surface area (Å²) in [6.07, 6.45) is 4.84. The highest BCUT2D eigenvalue weighted by molar-refractivity contribution is 7.07. The number of aromatic nitrogens is 2. The van der Waals surface area contributed by atoms with Crippen LogP contribution in [0.2, 0.25) is 0 Å². The maximum absolute atomic E-state index is 5.42. The SMILES string of the molecule is Cc1ccc([C@H](Cc2ccsc2)NCc2ccc(N3CCOCC3)nc2)nc1. The maximum Gasteiger partial charge on any atom is 0.128 e. The zero-order valence-electron chi connectivity index (χ0n) is 16.2. The maximum atomic E-state index is 5.42. The first-order valence-electron chi connectivity index (χ1n) is 9.72. The first-order chi connectivity index (χ1) is 13.8. The highest BCUT2D eigenvalue weighted by Gasteiger charge is 2.15. The number of aryl methyl sites for hydroxylation is 1. The van der Waals surface area contributed by atoms with Gasteiger partial charge >= 0.3 is 0 Å². The van der Waals surface area contributed by atoms with E-state index in [-0.39, 0.29) is 6.04 Å². The van der Waals surface area contributed by atoms with Gasteiger partial charge in [-0.2, -0.15) is 11.3 Å². The Morgan fingerprint density at radius 3 is 2.64 bits per heavy atom. The number of hydrogen-bond acceptors (Lipinski definition) is 6. The van der Waals surface area contributed by atoms with Crippen LogP contribution < -0.4 is 10.2 Å². The van der Waals surface area contributed by atoms with Crippen molar-refractivity contribution in [3.05, 3.63) is 75.9 Å². The molecule has 3 aromatic heterocycles. The van der Waals surface area contributed by atoms with Gasteiger partial charge in [0, 0.05) is 32.0 Å². The van der Waals surface area contributed by atoms with Crippen molar-refractivity contribution < 1.29 is 4.74 Å². The third kappa shape index (κ3) is 4.95. The van der Waals surface area contributed by atoms with Crippen molar-refractivity contribution in [3.63, 3.8) is 0 Å². The van der Waals surface area contributed by atoms with E-state index >= 15 is 0 Å². The van der Waals surface area contributed by atoms with Crippen LogP contribution in [0.5, 0.6) is 0 Å². The topological polar surface area (TPSA) is 50.3 Å². The van der Waals surface area contributed by atoms with Crippen molar-refractivity contribution in [2.24, 2.45) is 0 Å². The minimum absolute atomic E-state index is 0.175. The largest absolute Gasteiger partial charge is 0.378 e. The molecule has 28 heavy (non-hydrogen) atoms. The molecule has 1 aliphatic rings. The van der Waals surface area contributed by atoms with Crippen LogP contribution in [0.15, 0.2) is 53.5 Å². The summed E-state index contributed by atoms with van der Waals surface area (Å²) < 4.78 is 5.42. The summed E-state index contributed by atoms with van der Waals surface area (Å²) in [4.78, 5) is 11.6. The molecule has 1 atom stereocenters. The number of rotatable bonds is 7. The summed E-state index contributed by atoms with van der Waals surface area (Å²) in [7, 11) is 0. The van der Waals surface area contributed by atoms with E-state index < -0.39 is 0 Å². The Kier molecular flexibility index (Phi) is 6.31. The Balaban J connectivity index is 1.42. The summed E-state index contributed by atoms with van der Waals surface area (Å²) in [5.74, 6) is 1.03. The Morgan fingerprint density at radius 2 is 1.96 bits per heavy atom. The number of hydrogen-bond donors (Lipinski definition) is 1. The highest BCUT2D eigenvalue weighted by atomic mass is 32.1. The van der Waals surface area contributed by atoms with Gasteiger partial charge in [-0.1, -0.05) is 12.1 Å². The van der Waals surface area contributed by atoms with Gasteiger partial charge in [0.15, 0.2) is 0 Å². The number of nitrogens with one attached hydrogen (secondary N) is 1. The first kappa shape index (κ1) is 19.1. The molecule has 0 spiro atoms. The van der Waals surface area contributed by atoms with Gasteiger partial charge in [0.05, 0.1) is 24.9 Å². The Labute approximate surface area is 170 Å². The van der Waals surface area contributed by atoms with Gasteiger partial charge in [-0.15, -0.1) is 0 Å². The van der Waals surface area contributed by atoms with Crippen molar-refractivity contribution in [2.75, 3.05) is 31.2 Å². The molecule has 5 nitrogen and oxygen atoms in total. The zero-order valence-corrected chi connectivity index (χ0v) is 17.0. The monoisotopic (exact) mass is 394 g/mol. The van der Waals surface area contributed by atoms with Gasteiger partial charge in [0.25, 0.3) is 0 Å². The zero-order chi connectivity index (χ0) is 19.2. The molecule has 0 radical (unpaired) electrons. The van der Waals surface area contributed by atoms with Crippen molar-refractivity contribution in [1.82, 2.24) is 15.3 Å². The van der Waals surface area contributed by atoms with Crippen molar-refractivity contribution in [3.8, 4) is 0 Å². The number of anilines is 1. The molecule has 0 unspecified atom stereocenters. The van der Waals surface area contributed by atoms with E-state index in [1.807, 2.05) is 12.4 Å². The molecule has 0 bridgehead atoms. The molecule has 4 rings (SSSR count). The van der Waals surface area contributed by atoms with E-state index in [0.717, 1.165) is 50.8 Å². The molecule has 4 heterocycles. The number of thiophene rings is 1. The minimum Gasteiger partial charge on any atom is -0.378 e. The van der Waals surface area contributed by atoms with Crippen LogP contribution in [-0.4, -0.2) is 36.3 Å². The number of morpholine rings is 1. The van der Waals surface area contributed by atoms with E-state index in [9.17, 15) is 0 Å². The van der Waals surface area contributed by atoms with Gasteiger partial charge < -0.3 is 15.0 Å². The molecule has 0 saturated carbocycles. The van der Waals surface area contributed by atoms with Crippen molar-refractivity contribution in [1.29, 1.82) is 0 Å². The summed E-state index contributed by atoms with van der Waals surface area (Å²) in [6, 6.07) is 10.9. The normalized spacial score (nSPS) is 15.5. The van der Waals surface area contributed by atoms with Gasteiger partial charge in [-0.3, -0.25) is 4.98 Å². The van der Waals surface area contributed by atoms with E-state index in [1.54, 1.807) is 11.3 Å². The van der Waals surface area contributed by atoms with Crippen LogP contribution >= 0.6 is 11.3 Å². The van der Waals surface area contributed by atoms with Crippen LogP contribution in [0.3, 0.4) is 0 Å². The Morgan fingerprint density at radius 1 is 1.07 bits per heavy atom. The predicted molar refractivity (Wildman–Crippen MR) is 114 cm³/mol. The molecular formula is C22H26N4OS. The van der Waals surface area contributed by atoms with Gasteiger partial charge in [0.2, 0.25) is 0 Å². The fourth-order valence-electron chi connectivity index (χ4n) is 3.35. The lowest BCUT2D eigenvalue weighted by molar-refractivity contribution is 0.122. The molecule has 3 aromatic rings. The summed E-state index contributed by atoms with van der Waals surface area (Å²) in [6.45, 7) is 6.21. The number of ether oxygens (including phenoxy) is 1. The smallest absolute Gasteiger partial charge is 0.128 e. The average molecular weight is 395 g/mol. The Bertz CT molecular complexity index is 843. The third-order valence-electron chi connectivity index (χ3n) is 5.01. The van der Waals surface area contributed by atoms with E-state index in [4.69, 9.17) is 4.74 Å². The quantitative estimate of drug-likeness (QED) is 0.661. The van der Waals surface area contributed by atoms with Crippen LogP contribution in [0, 0.1) is 6.92 Å². The molecule has 0 amide bonds. The second-order valence-corrected chi connectivity index (χ2v) is 7.93. The standard InChI is InChI=1S/C22H26N4OS/c1-17-2-4-20(23-13-17)21(12-18-6-11-28-16-18)24-14-19-3-5-22(25-15-19)26-7-9-27-10-8-26/h2-6,11,13,15-16,21,24H,7-10,12,14H2,1H3/t21-/m0/s1. The summed E-state index contributed by atoms with van der Waals surface area (Å²) in [5, 5.41) is 8.02. The number of nitrogens with zero attached hydrogens (tertiary/aromatic N) is 3. The summed E-state index contributed by atoms with van der Waals surface area (Å²) in [5.41, 5.74) is 4.78. The van der Waals surface area contributed by atoms with Gasteiger partial charge in [-0.25, -0.2) is 4.98 Å². The fraction of sp³-hybridized carbons (Fsp3) is 0.364. The van der Waals surface area contributed by atoms with Gasteiger partial charge in [-0.05, 0) is 59.0 Å². The lowest BCUT2D eigenvalue weighted by Crippen LogP contribution is -2.36. The highest BCUT2D eigenvalue weighted by Crippen LogP contribution is 2.20.